The van der Waals surface area contributed by atoms with Crippen molar-refractivity contribution in [1.82, 2.24) is 9.62 Å². The molecule has 1 fully saturated rings. The summed E-state index contributed by atoms with van der Waals surface area (Å²) in [7, 11) is -4.11. The molecule has 1 atom stereocenters. The normalized spacial score (nSPS) is 18.2. The van der Waals surface area contributed by atoms with Crippen molar-refractivity contribution in [2.45, 2.75) is 42.9 Å². The predicted molar refractivity (Wildman–Crippen MR) is 106 cm³/mol. The van der Waals surface area contributed by atoms with E-state index in [1.165, 1.54) is 36.4 Å². The summed E-state index contributed by atoms with van der Waals surface area (Å²) in [5, 5.41) is 3.06. The number of sulfonamides is 1. The van der Waals surface area contributed by atoms with Crippen LogP contribution in [0.5, 0.6) is 0 Å². The van der Waals surface area contributed by atoms with E-state index in [1.54, 1.807) is 0 Å². The summed E-state index contributed by atoms with van der Waals surface area (Å²) in [6, 6.07) is 8.82. The molecule has 2 aromatic rings. The molecule has 10 heteroatoms. The lowest BCUT2D eigenvalue weighted by molar-refractivity contribution is -0.137. The number of carbonyl (C=O) groups is 1. The summed E-state index contributed by atoms with van der Waals surface area (Å²) < 4.78 is 66.3. The maximum atomic E-state index is 13.4. The summed E-state index contributed by atoms with van der Waals surface area (Å²) in [6.45, 7) is 0.214. The first-order valence-electron chi connectivity index (χ1n) is 9.30. The first kappa shape index (κ1) is 22.6. The van der Waals surface area contributed by atoms with Crippen LogP contribution < -0.4 is 5.32 Å². The highest BCUT2D eigenvalue weighted by Gasteiger charge is 2.37. The van der Waals surface area contributed by atoms with Crippen LogP contribution in [0.1, 0.15) is 30.4 Å². The van der Waals surface area contributed by atoms with E-state index in [2.05, 4.69) is 5.32 Å². The fraction of sp³-hybridized carbons (Fsp3) is 0.350. The average Bonchev–Trinajstić information content (AvgIpc) is 2.90. The fourth-order valence-corrected chi connectivity index (χ4v) is 5.01. The number of alkyl halides is 3. The Morgan fingerprint density at radius 3 is 2.27 bits per heavy atom. The van der Waals surface area contributed by atoms with Gasteiger partial charge in [-0.05, 0) is 61.2 Å². The lowest BCUT2D eigenvalue weighted by atomic mass is 10.1. The highest BCUT2D eigenvalue weighted by Crippen LogP contribution is 2.30. The van der Waals surface area contributed by atoms with E-state index < -0.39 is 33.7 Å². The van der Waals surface area contributed by atoms with E-state index in [0.717, 1.165) is 22.9 Å². The third kappa shape index (κ3) is 5.14. The number of amides is 1. The van der Waals surface area contributed by atoms with Crippen LogP contribution in [-0.4, -0.2) is 31.2 Å². The SMILES string of the molecule is O=C1NCCCC[C@H]1N(Cc1ccc(C(F)(F)F)cc1)S(=O)(=O)c1ccc(Cl)cc1. The first-order chi connectivity index (χ1) is 14.1. The van der Waals surface area contributed by atoms with Crippen molar-refractivity contribution in [3.63, 3.8) is 0 Å². The minimum atomic E-state index is -4.49. The molecule has 162 valence electrons. The van der Waals surface area contributed by atoms with Crippen molar-refractivity contribution in [2.24, 2.45) is 0 Å². The molecule has 1 amide bonds. The summed E-state index contributed by atoms with van der Waals surface area (Å²) in [5.41, 5.74) is -0.483. The third-order valence-electron chi connectivity index (χ3n) is 4.89. The molecule has 0 radical (unpaired) electrons. The Kier molecular flexibility index (Phi) is 6.74. The first-order valence-corrected chi connectivity index (χ1v) is 11.1. The smallest absolute Gasteiger partial charge is 0.355 e. The van der Waals surface area contributed by atoms with Gasteiger partial charge < -0.3 is 5.32 Å². The molecule has 0 saturated carbocycles. The molecule has 3 rings (SSSR count). The van der Waals surface area contributed by atoms with Gasteiger partial charge in [0, 0.05) is 18.1 Å². The monoisotopic (exact) mass is 460 g/mol. The molecule has 1 N–H and O–H groups in total. The highest BCUT2D eigenvalue weighted by atomic mass is 35.5. The second-order valence-electron chi connectivity index (χ2n) is 7.00. The molecule has 1 aliphatic rings. The van der Waals surface area contributed by atoms with Crippen LogP contribution in [0.15, 0.2) is 53.4 Å². The number of nitrogens with zero attached hydrogens (tertiary/aromatic N) is 1. The summed E-state index contributed by atoms with van der Waals surface area (Å²) in [4.78, 5) is 12.5. The van der Waals surface area contributed by atoms with Gasteiger partial charge >= 0.3 is 6.18 Å². The molecule has 0 unspecified atom stereocenters. The zero-order chi connectivity index (χ0) is 21.9. The second-order valence-corrected chi connectivity index (χ2v) is 9.33. The Balaban J connectivity index is 1.99. The third-order valence-corrected chi connectivity index (χ3v) is 7.01. The van der Waals surface area contributed by atoms with E-state index in [4.69, 9.17) is 11.6 Å². The van der Waals surface area contributed by atoms with Gasteiger partial charge in [-0.25, -0.2) is 8.42 Å². The predicted octanol–water partition coefficient (Wildman–Crippen LogP) is 4.22. The van der Waals surface area contributed by atoms with E-state index in [0.29, 0.717) is 30.0 Å². The van der Waals surface area contributed by atoms with Gasteiger partial charge in [-0.3, -0.25) is 4.79 Å². The van der Waals surface area contributed by atoms with E-state index >= 15 is 0 Å². The molecule has 1 aliphatic heterocycles. The molecular weight excluding hydrogens is 441 g/mol. The van der Waals surface area contributed by atoms with Gasteiger partial charge in [0.15, 0.2) is 0 Å². The van der Waals surface area contributed by atoms with Crippen LogP contribution >= 0.6 is 11.6 Å². The fourth-order valence-electron chi connectivity index (χ4n) is 3.28. The number of hydrogen-bond donors (Lipinski definition) is 1. The minimum absolute atomic E-state index is 0.0455. The van der Waals surface area contributed by atoms with Crippen molar-refractivity contribution in [3.05, 3.63) is 64.7 Å². The molecule has 0 aromatic heterocycles. The van der Waals surface area contributed by atoms with Gasteiger partial charge in [-0.2, -0.15) is 17.5 Å². The van der Waals surface area contributed by atoms with Crippen molar-refractivity contribution in [1.29, 1.82) is 0 Å². The highest BCUT2D eigenvalue weighted by molar-refractivity contribution is 7.89. The van der Waals surface area contributed by atoms with Gasteiger partial charge in [0.2, 0.25) is 15.9 Å². The maximum absolute atomic E-state index is 13.4. The molecular formula is C20H20ClF3N2O3S. The maximum Gasteiger partial charge on any atom is 0.416 e. The standard InChI is InChI=1S/C20H20ClF3N2O3S/c21-16-8-10-17(11-9-16)30(28,29)26(18-3-1-2-12-25-19(18)27)13-14-4-6-15(7-5-14)20(22,23)24/h4-11,18H,1-3,12-13H2,(H,25,27)/t18-/m1/s1. The summed E-state index contributed by atoms with van der Waals surface area (Å²) in [6.07, 6.45) is -2.81. The Hall–Kier alpha value is -2.10. The van der Waals surface area contributed by atoms with E-state index in [9.17, 15) is 26.4 Å². The van der Waals surface area contributed by atoms with Crippen molar-refractivity contribution < 1.29 is 26.4 Å². The molecule has 30 heavy (non-hydrogen) atoms. The zero-order valence-corrected chi connectivity index (χ0v) is 17.4. The van der Waals surface area contributed by atoms with Crippen molar-refractivity contribution in [3.8, 4) is 0 Å². The van der Waals surface area contributed by atoms with Crippen LogP contribution in [0.4, 0.5) is 13.2 Å². The Morgan fingerprint density at radius 1 is 1.03 bits per heavy atom. The van der Waals surface area contributed by atoms with Gasteiger partial charge in [-0.15, -0.1) is 0 Å². The number of benzene rings is 2. The number of rotatable bonds is 5. The largest absolute Gasteiger partial charge is 0.416 e. The Labute approximate surface area is 177 Å². The number of halogens is 4. The molecule has 1 saturated heterocycles. The lowest BCUT2D eigenvalue weighted by Gasteiger charge is -2.29. The number of carbonyl (C=O) groups excluding carboxylic acids is 1. The summed E-state index contributed by atoms with van der Waals surface area (Å²) in [5.74, 6) is -0.419. The van der Waals surface area contributed by atoms with Gasteiger partial charge in [-0.1, -0.05) is 23.7 Å². The molecule has 1 heterocycles. The van der Waals surface area contributed by atoms with Crippen LogP contribution in [0.3, 0.4) is 0 Å². The second kappa shape index (κ2) is 8.95. The average molecular weight is 461 g/mol. The van der Waals surface area contributed by atoms with Crippen molar-refractivity contribution >= 4 is 27.5 Å². The van der Waals surface area contributed by atoms with Gasteiger partial charge in [0.1, 0.15) is 6.04 Å². The topological polar surface area (TPSA) is 66.5 Å². The lowest BCUT2D eigenvalue weighted by Crippen LogP contribution is -2.48. The van der Waals surface area contributed by atoms with Gasteiger partial charge in [0.25, 0.3) is 0 Å². The molecule has 2 aromatic carbocycles. The van der Waals surface area contributed by atoms with Gasteiger partial charge in [0.05, 0.1) is 10.5 Å². The van der Waals surface area contributed by atoms with E-state index in [1.807, 2.05) is 0 Å². The quantitative estimate of drug-likeness (QED) is 0.726. The Bertz CT molecular complexity index is 993. The van der Waals surface area contributed by atoms with Crippen LogP contribution in [0.25, 0.3) is 0 Å². The molecule has 0 aliphatic carbocycles. The molecule has 0 bridgehead atoms. The zero-order valence-electron chi connectivity index (χ0n) is 15.8. The Morgan fingerprint density at radius 2 is 1.67 bits per heavy atom. The van der Waals surface area contributed by atoms with E-state index in [-0.39, 0.29) is 11.4 Å². The number of nitrogens with one attached hydrogen (secondary N) is 1. The molecule has 0 spiro atoms. The minimum Gasteiger partial charge on any atom is -0.355 e. The van der Waals surface area contributed by atoms with Crippen LogP contribution in [-0.2, 0) is 27.5 Å². The van der Waals surface area contributed by atoms with Crippen LogP contribution in [0.2, 0.25) is 5.02 Å². The molecule has 5 nitrogen and oxygen atoms in total. The van der Waals surface area contributed by atoms with Crippen molar-refractivity contribution in [2.75, 3.05) is 6.54 Å². The summed E-state index contributed by atoms with van der Waals surface area (Å²) >= 11 is 5.85. The number of hydrogen-bond acceptors (Lipinski definition) is 3. The van der Waals surface area contributed by atoms with Crippen LogP contribution in [0, 0.1) is 0 Å².